The smallest absolute Gasteiger partial charge is 0.307 e. The van der Waals surface area contributed by atoms with Crippen molar-refractivity contribution in [2.75, 3.05) is 0 Å². The summed E-state index contributed by atoms with van der Waals surface area (Å²) >= 11 is 0. The molecule has 0 bridgehead atoms. The molecular formula is C26H25NO4. The molecule has 5 heteroatoms. The number of furan rings is 1. The normalized spacial score (nSPS) is 11.2. The number of hydrogen-bond acceptors (Lipinski definition) is 4. The summed E-state index contributed by atoms with van der Waals surface area (Å²) in [5, 5.41) is 19.7. The zero-order chi connectivity index (χ0) is 21.8. The second kappa shape index (κ2) is 9.16. The number of aliphatic carboxylic acids is 1. The highest BCUT2D eigenvalue weighted by atomic mass is 16.4. The lowest BCUT2D eigenvalue weighted by molar-refractivity contribution is -0.136. The maximum atomic E-state index is 11.2. The van der Waals surface area contributed by atoms with Crippen LogP contribution in [0.15, 0.2) is 71.1 Å². The lowest BCUT2D eigenvalue weighted by atomic mass is 9.94. The van der Waals surface area contributed by atoms with Gasteiger partial charge in [-0.1, -0.05) is 42.5 Å². The standard InChI is InChI=1S/C26H25NO4/c27-15-18-4-3-7-21(11-18)24-12-17(10-22-13-23(16-28)31-26(22)24)8-9-19-5-1-2-6-20(19)14-25(29)30/h1-7,10-13,28H,8-9,14-16,27H2,(H,29,30). The van der Waals surface area contributed by atoms with Crippen LogP contribution in [0.25, 0.3) is 22.1 Å². The third-order valence-electron chi connectivity index (χ3n) is 5.50. The van der Waals surface area contributed by atoms with Gasteiger partial charge >= 0.3 is 5.97 Å². The summed E-state index contributed by atoms with van der Waals surface area (Å²) in [6, 6.07) is 21.8. The van der Waals surface area contributed by atoms with E-state index in [0.29, 0.717) is 12.3 Å². The second-order valence-corrected chi connectivity index (χ2v) is 7.68. The van der Waals surface area contributed by atoms with Crippen LogP contribution in [0.1, 0.15) is 28.0 Å². The minimum Gasteiger partial charge on any atom is -0.481 e. The van der Waals surface area contributed by atoms with Gasteiger partial charge < -0.3 is 20.4 Å². The summed E-state index contributed by atoms with van der Waals surface area (Å²) in [5.41, 5.74) is 12.6. The van der Waals surface area contributed by atoms with Crippen LogP contribution in [0.3, 0.4) is 0 Å². The van der Waals surface area contributed by atoms with Crippen LogP contribution in [0.2, 0.25) is 0 Å². The van der Waals surface area contributed by atoms with Gasteiger partial charge in [0.25, 0.3) is 0 Å². The lowest BCUT2D eigenvalue weighted by Gasteiger charge is -2.11. The van der Waals surface area contributed by atoms with Gasteiger partial charge in [-0.25, -0.2) is 0 Å². The number of hydrogen-bond donors (Lipinski definition) is 3. The molecule has 4 rings (SSSR count). The van der Waals surface area contributed by atoms with Crippen LogP contribution in [-0.2, 0) is 37.2 Å². The number of benzene rings is 3. The Kier molecular flexibility index (Phi) is 6.16. The fraction of sp³-hybridized carbons (Fsp3) is 0.192. The third-order valence-corrected chi connectivity index (χ3v) is 5.50. The molecule has 0 aliphatic carbocycles. The predicted octanol–water partition coefficient (Wildman–Crippen LogP) is 4.46. The summed E-state index contributed by atoms with van der Waals surface area (Å²) < 4.78 is 5.91. The van der Waals surface area contributed by atoms with Crippen LogP contribution in [-0.4, -0.2) is 16.2 Å². The number of rotatable bonds is 8. The average Bonchev–Trinajstić information content (AvgIpc) is 3.21. The fourth-order valence-corrected chi connectivity index (χ4v) is 3.99. The third kappa shape index (κ3) is 4.68. The minimum atomic E-state index is -0.828. The summed E-state index contributed by atoms with van der Waals surface area (Å²) in [5.74, 6) is -0.305. The van der Waals surface area contributed by atoms with Crippen LogP contribution in [0.5, 0.6) is 0 Å². The van der Waals surface area contributed by atoms with Crippen molar-refractivity contribution in [1.82, 2.24) is 0 Å². The van der Waals surface area contributed by atoms with Crippen molar-refractivity contribution >= 4 is 16.9 Å². The van der Waals surface area contributed by atoms with E-state index in [2.05, 4.69) is 18.2 Å². The molecule has 4 aromatic rings. The molecule has 1 aromatic heterocycles. The Morgan fingerprint density at radius 3 is 2.45 bits per heavy atom. The van der Waals surface area contributed by atoms with Crippen LogP contribution in [0.4, 0.5) is 0 Å². The van der Waals surface area contributed by atoms with Crippen molar-refractivity contribution in [2.24, 2.45) is 5.73 Å². The van der Waals surface area contributed by atoms with Gasteiger partial charge in [0.1, 0.15) is 18.0 Å². The summed E-state index contributed by atoms with van der Waals surface area (Å²) in [4.78, 5) is 11.2. The van der Waals surface area contributed by atoms with Gasteiger partial charge in [-0.05, 0) is 64.9 Å². The Hall–Kier alpha value is -3.41. The van der Waals surface area contributed by atoms with Crippen molar-refractivity contribution < 1.29 is 19.4 Å². The van der Waals surface area contributed by atoms with Crippen LogP contribution >= 0.6 is 0 Å². The molecule has 3 aromatic carbocycles. The summed E-state index contributed by atoms with van der Waals surface area (Å²) in [6.07, 6.45) is 1.52. The molecule has 0 spiro atoms. The molecule has 5 nitrogen and oxygen atoms in total. The Balaban J connectivity index is 1.71. The molecule has 0 aliphatic rings. The maximum Gasteiger partial charge on any atom is 0.307 e. The number of carboxylic acids is 1. The molecular weight excluding hydrogens is 390 g/mol. The van der Waals surface area contributed by atoms with E-state index in [4.69, 9.17) is 10.2 Å². The van der Waals surface area contributed by atoms with E-state index in [1.54, 1.807) is 0 Å². The van der Waals surface area contributed by atoms with Crippen molar-refractivity contribution in [3.8, 4) is 11.1 Å². The second-order valence-electron chi connectivity index (χ2n) is 7.68. The molecule has 0 fully saturated rings. The molecule has 4 N–H and O–H groups in total. The lowest BCUT2D eigenvalue weighted by Crippen LogP contribution is -2.04. The predicted molar refractivity (Wildman–Crippen MR) is 121 cm³/mol. The molecule has 0 atom stereocenters. The first-order valence-corrected chi connectivity index (χ1v) is 10.3. The zero-order valence-electron chi connectivity index (χ0n) is 17.2. The Morgan fingerprint density at radius 2 is 1.71 bits per heavy atom. The number of aliphatic hydroxyl groups is 1. The Labute approximate surface area is 180 Å². The monoisotopic (exact) mass is 415 g/mol. The SMILES string of the molecule is NCc1cccc(-c2cc(CCc3ccccc3CC(=O)O)cc3cc(CO)oc23)c1. The zero-order valence-corrected chi connectivity index (χ0v) is 17.2. The van der Waals surface area contributed by atoms with E-state index in [-0.39, 0.29) is 13.0 Å². The molecule has 0 saturated heterocycles. The van der Waals surface area contributed by atoms with E-state index in [1.807, 2.05) is 48.5 Å². The fourth-order valence-electron chi connectivity index (χ4n) is 3.99. The van der Waals surface area contributed by atoms with Gasteiger partial charge in [-0.2, -0.15) is 0 Å². The number of aliphatic hydroxyl groups excluding tert-OH is 1. The number of fused-ring (bicyclic) bond motifs is 1. The quantitative estimate of drug-likeness (QED) is 0.395. The van der Waals surface area contributed by atoms with Gasteiger partial charge in [0.05, 0.1) is 6.42 Å². The molecule has 31 heavy (non-hydrogen) atoms. The maximum absolute atomic E-state index is 11.2. The van der Waals surface area contributed by atoms with E-state index >= 15 is 0 Å². The number of aryl methyl sites for hydroxylation is 2. The highest BCUT2D eigenvalue weighted by Crippen LogP contribution is 2.33. The highest BCUT2D eigenvalue weighted by Gasteiger charge is 2.13. The summed E-state index contributed by atoms with van der Waals surface area (Å²) in [6.45, 7) is 0.298. The first-order valence-electron chi connectivity index (χ1n) is 10.3. The largest absolute Gasteiger partial charge is 0.481 e. The van der Waals surface area contributed by atoms with Crippen molar-refractivity contribution in [3.05, 3.63) is 94.7 Å². The molecule has 0 aliphatic heterocycles. The van der Waals surface area contributed by atoms with E-state index < -0.39 is 5.97 Å². The van der Waals surface area contributed by atoms with Crippen molar-refractivity contribution in [2.45, 2.75) is 32.4 Å². The van der Waals surface area contributed by atoms with Crippen molar-refractivity contribution in [3.63, 3.8) is 0 Å². The molecule has 0 unspecified atom stereocenters. The number of nitrogens with two attached hydrogens (primary N) is 1. The van der Waals surface area contributed by atoms with Crippen molar-refractivity contribution in [1.29, 1.82) is 0 Å². The number of carbonyl (C=O) groups is 1. The van der Waals surface area contributed by atoms with Gasteiger partial charge in [-0.15, -0.1) is 0 Å². The van der Waals surface area contributed by atoms with E-state index in [0.717, 1.165) is 57.2 Å². The van der Waals surface area contributed by atoms with Gasteiger partial charge in [0, 0.05) is 17.5 Å². The topological polar surface area (TPSA) is 96.7 Å². The average molecular weight is 415 g/mol. The van der Waals surface area contributed by atoms with Gasteiger partial charge in [0.2, 0.25) is 0 Å². The minimum absolute atomic E-state index is 0.0218. The Morgan fingerprint density at radius 1 is 0.903 bits per heavy atom. The van der Waals surface area contributed by atoms with E-state index in [9.17, 15) is 15.0 Å². The number of carboxylic acid groups (broad SMARTS) is 1. The highest BCUT2D eigenvalue weighted by molar-refractivity contribution is 5.93. The molecule has 0 amide bonds. The molecule has 0 saturated carbocycles. The summed E-state index contributed by atoms with van der Waals surface area (Å²) in [7, 11) is 0. The van der Waals surface area contributed by atoms with E-state index in [1.165, 1.54) is 0 Å². The first kappa shape index (κ1) is 20.8. The molecule has 1 heterocycles. The molecule has 0 radical (unpaired) electrons. The first-order chi connectivity index (χ1) is 15.1. The van der Waals surface area contributed by atoms with Gasteiger partial charge in [0.15, 0.2) is 0 Å². The van der Waals surface area contributed by atoms with Crippen LogP contribution < -0.4 is 5.73 Å². The molecule has 158 valence electrons. The Bertz CT molecular complexity index is 1230. The van der Waals surface area contributed by atoms with Gasteiger partial charge in [-0.3, -0.25) is 4.79 Å². The van der Waals surface area contributed by atoms with Crippen LogP contribution in [0, 0.1) is 0 Å².